The van der Waals surface area contributed by atoms with Gasteiger partial charge in [-0.05, 0) is 38.0 Å². The van der Waals surface area contributed by atoms with Gasteiger partial charge < -0.3 is 15.2 Å². The topological polar surface area (TPSA) is 68.3 Å². The Hall–Kier alpha value is -1.73. The highest BCUT2D eigenvalue weighted by atomic mass is 16.5. The van der Waals surface area contributed by atoms with Crippen molar-refractivity contribution in [3.63, 3.8) is 0 Å². The number of hydrogen-bond donors (Lipinski definition) is 1. The molecule has 4 heteroatoms. The van der Waals surface area contributed by atoms with E-state index in [1.165, 1.54) is 0 Å². The van der Waals surface area contributed by atoms with Crippen LogP contribution in [0.4, 0.5) is 0 Å². The molecule has 1 aromatic carbocycles. The van der Waals surface area contributed by atoms with Crippen LogP contribution in [0, 0.1) is 16.7 Å². The first kappa shape index (κ1) is 14.3. The summed E-state index contributed by atoms with van der Waals surface area (Å²) in [6.07, 6.45) is 0.672. The average Bonchev–Trinajstić information content (AvgIpc) is 2.38. The number of rotatable bonds is 6. The van der Waals surface area contributed by atoms with Gasteiger partial charge in [-0.15, -0.1) is 0 Å². The highest BCUT2D eigenvalue weighted by Gasteiger charge is 2.16. The third-order valence-corrected chi connectivity index (χ3v) is 2.75. The fourth-order valence-electron chi connectivity index (χ4n) is 1.43. The van der Waals surface area contributed by atoms with E-state index in [9.17, 15) is 0 Å². The van der Waals surface area contributed by atoms with Crippen molar-refractivity contribution >= 4 is 0 Å². The summed E-state index contributed by atoms with van der Waals surface area (Å²) in [5.41, 5.74) is 6.19. The van der Waals surface area contributed by atoms with Gasteiger partial charge in [0.05, 0.1) is 25.2 Å². The summed E-state index contributed by atoms with van der Waals surface area (Å²) in [6, 6.07) is 7.87. The van der Waals surface area contributed by atoms with Crippen LogP contribution in [0.5, 0.6) is 11.5 Å². The normalized spacial score (nSPS) is 10.8. The van der Waals surface area contributed by atoms with Gasteiger partial charge in [0.15, 0.2) is 11.5 Å². The summed E-state index contributed by atoms with van der Waals surface area (Å²) in [5.74, 6) is 1.36. The smallest absolute Gasteiger partial charge is 0.161 e. The lowest BCUT2D eigenvalue weighted by Crippen LogP contribution is -2.13. The van der Waals surface area contributed by atoms with E-state index in [1.54, 1.807) is 7.11 Å². The number of methoxy groups -OCH3 is 1. The first-order chi connectivity index (χ1) is 8.52. The van der Waals surface area contributed by atoms with Crippen molar-refractivity contribution in [1.29, 1.82) is 5.26 Å². The lowest BCUT2D eigenvalue weighted by Gasteiger charge is -2.16. The molecule has 0 aliphatic rings. The molecule has 0 heterocycles. The van der Waals surface area contributed by atoms with E-state index in [0.717, 1.165) is 5.56 Å². The first-order valence-corrected chi connectivity index (χ1v) is 5.93. The zero-order valence-corrected chi connectivity index (χ0v) is 11.2. The van der Waals surface area contributed by atoms with E-state index >= 15 is 0 Å². The van der Waals surface area contributed by atoms with Gasteiger partial charge >= 0.3 is 0 Å². The molecular formula is C14H20N2O2. The van der Waals surface area contributed by atoms with E-state index in [-0.39, 0.29) is 5.41 Å². The largest absolute Gasteiger partial charge is 0.493 e. The molecule has 0 aliphatic heterocycles. The van der Waals surface area contributed by atoms with Crippen molar-refractivity contribution in [2.45, 2.75) is 26.8 Å². The number of hydrogen-bond acceptors (Lipinski definition) is 4. The van der Waals surface area contributed by atoms with Crippen LogP contribution in [0.3, 0.4) is 0 Å². The Balaban J connectivity index is 2.65. The van der Waals surface area contributed by atoms with Crippen LogP contribution in [0.25, 0.3) is 0 Å². The molecule has 0 fully saturated rings. The highest BCUT2D eigenvalue weighted by molar-refractivity contribution is 5.42. The molecule has 0 saturated carbocycles. The van der Waals surface area contributed by atoms with Crippen molar-refractivity contribution in [2.75, 3.05) is 13.7 Å². The molecule has 1 aromatic rings. The quantitative estimate of drug-likeness (QED) is 0.839. The zero-order valence-electron chi connectivity index (χ0n) is 11.2. The van der Waals surface area contributed by atoms with Crippen molar-refractivity contribution in [1.82, 2.24) is 0 Å². The van der Waals surface area contributed by atoms with Crippen LogP contribution in [0.2, 0.25) is 0 Å². The van der Waals surface area contributed by atoms with Crippen molar-refractivity contribution < 1.29 is 9.47 Å². The molecule has 0 spiro atoms. The fraction of sp³-hybridized carbons (Fsp3) is 0.500. The van der Waals surface area contributed by atoms with Gasteiger partial charge in [-0.1, -0.05) is 6.07 Å². The number of nitriles is 1. The lowest BCUT2D eigenvalue weighted by atomic mass is 9.92. The maximum Gasteiger partial charge on any atom is 0.161 e. The van der Waals surface area contributed by atoms with Crippen LogP contribution >= 0.6 is 0 Å². The van der Waals surface area contributed by atoms with Crippen LogP contribution in [0.15, 0.2) is 18.2 Å². The summed E-state index contributed by atoms with van der Waals surface area (Å²) >= 11 is 0. The van der Waals surface area contributed by atoms with Crippen LogP contribution in [0.1, 0.15) is 25.8 Å². The van der Waals surface area contributed by atoms with Crippen LogP contribution < -0.4 is 15.2 Å². The predicted molar refractivity (Wildman–Crippen MR) is 70.4 cm³/mol. The standard InChI is InChI=1S/C14H20N2O2/c1-14(2,10-16)6-7-18-12-5-4-11(9-15)8-13(12)17-3/h4-5,8H,6-7,9,15H2,1-3H3. The summed E-state index contributed by atoms with van der Waals surface area (Å²) in [5, 5.41) is 8.92. The van der Waals surface area contributed by atoms with Gasteiger partial charge in [-0.25, -0.2) is 0 Å². The maximum atomic E-state index is 8.92. The number of nitrogens with zero attached hydrogens (tertiary/aromatic N) is 1. The highest BCUT2D eigenvalue weighted by Crippen LogP contribution is 2.29. The molecule has 0 saturated heterocycles. The Morgan fingerprint density at radius 3 is 2.61 bits per heavy atom. The molecule has 0 atom stereocenters. The summed E-state index contributed by atoms with van der Waals surface area (Å²) in [6.45, 7) is 4.74. The Kier molecular flexibility index (Phi) is 4.99. The summed E-state index contributed by atoms with van der Waals surface area (Å²) < 4.78 is 10.9. The molecular weight excluding hydrogens is 228 g/mol. The number of ether oxygens (including phenoxy) is 2. The van der Waals surface area contributed by atoms with Gasteiger partial charge in [0, 0.05) is 6.54 Å². The van der Waals surface area contributed by atoms with Crippen molar-refractivity contribution in [3.8, 4) is 17.6 Å². The summed E-state index contributed by atoms with van der Waals surface area (Å²) in [7, 11) is 1.60. The lowest BCUT2D eigenvalue weighted by molar-refractivity contribution is 0.252. The van der Waals surface area contributed by atoms with Gasteiger partial charge in [-0.2, -0.15) is 5.26 Å². The minimum atomic E-state index is -0.371. The molecule has 0 aliphatic carbocycles. The molecule has 0 amide bonds. The third kappa shape index (κ3) is 3.94. The minimum absolute atomic E-state index is 0.371. The van der Waals surface area contributed by atoms with E-state index < -0.39 is 0 Å². The zero-order chi connectivity index (χ0) is 13.6. The van der Waals surface area contributed by atoms with E-state index in [1.807, 2.05) is 32.0 Å². The molecule has 0 unspecified atom stereocenters. The molecule has 0 radical (unpaired) electrons. The van der Waals surface area contributed by atoms with E-state index in [2.05, 4.69) is 6.07 Å². The Labute approximate surface area is 108 Å². The van der Waals surface area contributed by atoms with E-state index in [4.69, 9.17) is 20.5 Å². The van der Waals surface area contributed by atoms with Crippen LogP contribution in [-0.4, -0.2) is 13.7 Å². The predicted octanol–water partition coefficient (Wildman–Crippen LogP) is 2.47. The molecule has 1 rings (SSSR count). The Morgan fingerprint density at radius 1 is 1.33 bits per heavy atom. The fourth-order valence-corrected chi connectivity index (χ4v) is 1.43. The monoisotopic (exact) mass is 248 g/mol. The van der Waals surface area contributed by atoms with Gasteiger partial charge in [0.2, 0.25) is 0 Å². The average molecular weight is 248 g/mol. The SMILES string of the molecule is COc1cc(CN)ccc1OCCC(C)(C)C#N. The minimum Gasteiger partial charge on any atom is -0.493 e. The molecule has 0 aromatic heterocycles. The summed E-state index contributed by atoms with van der Waals surface area (Å²) in [4.78, 5) is 0. The molecule has 18 heavy (non-hydrogen) atoms. The van der Waals surface area contributed by atoms with Gasteiger partial charge in [-0.3, -0.25) is 0 Å². The Morgan fingerprint density at radius 2 is 2.06 bits per heavy atom. The van der Waals surface area contributed by atoms with Crippen molar-refractivity contribution in [3.05, 3.63) is 23.8 Å². The number of benzene rings is 1. The van der Waals surface area contributed by atoms with Crippen LogP contribution in [-0.2, 0) is 6.54 Å². The number of nitrogens with two attached hydrogens (primary N) is 1. The Bertz CT molecular complexity index is 436. The van der Waals surface area contributed by atoms with E-state index in [0.29, 0.717) is 31.1 Å². The molecule has 4 nitrogen and oxygen atoms in total. The van der Waals surface area contributed by atoms with Gasteiger partial charge in [0.1, 0.15) is 0 Å². The third-order valence-electron chi connectivity index (χ3n) is 2.75. The second-order valence-corrected chi connectivity index (χ2v) is 4.78. The molecule has 98 valence electrons. The molecule has 0 bridgehead atoms. The first-order valence-electron chi connectivity index (χ1n) is 5.93. The maximum absolute atomic E-state index is 8.92. The second kappa shape index (κ2) is 6.27. The molecule has 2 N–H and O–H groups in total. The second-order valence-electron chi connectivity index (χ2n) is 4.78. The van der Waals surface area contributed by atoms with Crippen molar-refractivity contribution in [2.24, 2.45) is 11.1 Å². The van der Waals surface area contributed by atoms with Gasteiger partial charge in [0.25, 0.3) is 0 Å².